The molecule has 118 valence electrons. The van der Waals surface area contributed by atoms with Crippen molar-refractivity contribution in [2.45, 2.75) is 32.3 Å². The molecule has 0 radical (unpaired) electrons. The molecule has 0 saturated heterocycles. The van der Waals surface area contributed by atoms with Crippen LogP contribution in [0, 0.1) is 11.3 Å². The molecule has 3 rings (SSSR count). The molecule has 0 spiro atoms. The second kappa shape index (κ2) is 6.95. The van der Waals surface area contributed by atoms with Crippen LogP contribution in [0.5, 0.6) is 0 Å². The Kier molecular flexibility index (Phi) is 4.75. The van der Waals surface area contributed by atoms with Crippen LogP contribution in [0.3, 0.4) is 0 Å². The fourth-order valence-corrected chi connectivity index (χ4v) is 4.10. The van der Waals surface area contributed by atoms with E-state index >= 15 is 0 Å². The SMILES string of the molecule is COCc1ccc(C(=O)Nc2sc3c(c2C#N)CCCC3)cc1. The Morgan fingerprint density at radius 2 is 2.04 bits per heavy atom. The van der Waals surface area contributed by atoms with Crippen molar-refractivity contribution in [3.63, 3.8) is 0 Å². The number of hydrogen-bond acceptors (Lipinski definition) is 4. The number of carbonyl (C=O) groups excluding carboxylic acids is 1. The first-order valence-corrected chi connectivity index (χ1v) is 8.48. The molecule has 0 saturated carbocycles. The average molecular weight is 326 g/mol. The van der Waals surface area contributed by atoms with Gasteiger partial charge in [0.25, 0.3) is 5.91 Å². The van der Waals surface area contributed by atoms with Gasteiger partial charge in [-0.05, 0) is 48.9 Å². The lowest BCUT2D eigenvalue weighted by molar-refractivity contribution is 0.102. The molecule has 1 aromatic heterocycles. The first kappa shape index (κ1) is 15.7. The minimum Gasteiger partial charge on any atom is -0.380 e. The monoisotopic (exact) mass is 326 g/mol. The first-order chi connectivity index (χ1) is 11.2. The molecule has 1 aliphatic carbocycles. The van der Waals surface area contributed by atoms with Crippen molar-refractivity contribution in [1.82, 2.24) is 0 Å². The number of carbonyl (C=O) groups is 1. The molecule has 2 aromatic rings. The Morgan fingerprint density at radius 1 is 1.30 bits per heavy atom. The van der Waals surface area contributed by atoms with E-state index in [9.17, 15) is 10.1 Å². The number of hydrogen-bond donors (Lipinski definition) is 1. The van der Waals surface area contributed by atoms with Gasteiger partial charge in [-0.3, -0.25) is 4.79 Å². The summed E-state index contributed by atoms with van der Waals surface area (Å²) in [5, 5.41) is 13.0. The number of anilines is 1. The van der Waals surface area contributed by atoms with Gasteiger partial charge in [0.05, 0.1) is 12.2 Å². The summed E-state index contributed by atoms with van der Waals surface area (Å²) in [6, 6.07) is 9.58. The van der Waals surface area contributed by atoms with Crippen LogP contribution < -0.4 is 5.32 Å². The van der Waals surface area contributed by atoms with E-state index in [-0.39, 0.29) is 5.91 Å². The summed E-state index contributed by atoms with van der Waals surface area (Å²) in [5.74, 6) is -0.177. The molecule has 1 N–H and O–H groups in total. The number of amides is 1. The lowest BCUT2D eigenvalue weighted by atomic mass is 9.96. The van der Waals surface area contributed by atoms with Crippen LogP contribution in [0.15, 0.2) is 24.3 Å². The zero-order chi connectivity index (χ0) is 16.2. The predicted octanol–water partition coefficient (Wildman–Crippen LogP) is 3.90. The van der Waals surface area contributed by atoms with Gasteiger partial charge in [0, 0.05) is 17.6 Å². The third-order valence-corrected chi connectivity index (χ3v) is 5.24. The highest BCUT2D eigenvalue weighted by atomic mass is 32.1. The molecule has 4 nitrogen and oxygen atoms in total. The number of nitriles is 1. The Labute approximate surface area is 139 Å². The van der Waals surface area contributed by atoms with Crippen molar-refractivity contribution in [2.24, 2.45) is 0 Å². The minimum absolute atomic E-state index is 0.177. The molecule has 0 atom stereocenters. The zero-order valence-electron chi connectivity index (χ0n) is 13.0. The van der Waals surface area contributed by atoms with Crippen molar-refractivity contribution in [3.8, 4) is 6.07 Å². The first-order valence-electron chi connectivity index (χ1n) is 7.66. The fraction of sp³-hybridized carbons (Fsp3) is 0.333. The quantitative estimate of drug-likeness (QED) is 0.927. The Bertz CT molecular complexity index is 757. The van der Waals surface area contributed by atoms with Gasteiger partial charge in [-0.1, -0.05) is 12.1 Å². The van der Waals surface area contributed by atoms with Gasteiger partial charge in [0.15, 0.2) is 0 Å². The molecule has 0 aliphatic heterocycles. The second-order valence-corrected chi connectivity index (χ2v) is 6.72. The lowest BCUT2D eigenvalue weighted by Gasteiger charge is -2.09. The van der Waals surface area contributed by atoms with E-state index in [0.29, 0.717) is 22.7 Å². The molecule has 5 heteroatoms. The summed E-state index contributed by atoms with van der Waals surface area (Å²) < 4.78 is 5.07. The van der Waals surface area contributed by atoms with Crippen LogP contribution in [-0.2, 0) is 24.2 Å². The summed E-state index contributed by atoms with van der Waals surface area (Å²) in [6.07, 6.45) is 4.23. The number of aryl methyl sites for hydroxylation is 1. The fourth-order valence-electron chi connectivity index (χ4n) is 2.87. The van der Waals surface area contributed by atoms with E-state index in [1.165, 1.54) is 4.88 Å². The van der Waals surface area contributed by atoms with Gasteiger partial charge < -0.3 is 10.1 Å². The van der Waals surface area contributed by atoms with Gasteiger partial charge in [-0.25, -0.2) is 0 Å². The molecule has 1 aromatic carbocycles. The Balaban J connectivity index is 1.80. The molecule has 0 bridgehead atoms. The maximum absolute atomic E-state index is 12.4. The number of ether oxygens (including phenoxy) is 1. The molecule has 0 fully saturated rings. The minimum atomic E-state index is -0.177. The Morgan fingerprint density at radius 3 is 2.74 bits per heavy atom. The molecular formula is C18H18N2O2S. The summed E-state index contributed by atoms with van der Waals surface area (Å²) in [4.78, 5) is 13.7. The predicted molar refractivity (Wildman–Crippen MR) is 90.8 cm³/mol. The number of rotatable bonds is 4. The van der Waals surface area contributed by atoms with E-state index in [0.717, 1.165) is 36.8 Å². The van der Waals surface area contributed by atoms with Crippen LogP contribution in [0.1, 0.15) is 44.8 Å². The van der Waals surface area contributed by atoms with Gasteiger partial charge in [0.1, 0.15) is 11.1 Å². The average Bonchev–Trinajstić information content (AvgIpc) is 2.92. The zero-order valence-corrected chi connectivity index (χ0v) is 13.8. The molecule has 1 aliphatic rings. The van der Waals surface area contributed by atoms with Crippen LogP contribution >= 0.6 is 11.3 Å². The molecule has 1 amide bonds. The van der Waals surface area contributed by atoms with E-state index in [4.69, 9.17) is 4.74 Å². The maximum Gasteiger partial charge on any atom is 0.256 e. The number of nitrogens with zero attached hydrogens (tertiary/aromatic N) is 1. The third kappa shape index (κ3) is 3.29. The van der Waals surface area contributed by atoms with E-state index in [1.807, 2.05) is 12.1 Å². The number of fused-ring (bicyclic) bond motifs is 1. The van der Waals surface area contributed by atoms with E-state index in [1.54, 1.807) is 30.6 Å². The molecular weight excluding hydrogens is 308 g/mol. The number of nitrogens with one attached hydrogen (secondary N) is 1. The van der Waals surface area contributed by atoms with Gasteiger partial charge in [-0.2, -0.15) is 5.26 Å². The summed E-state index contributed by atoms with van der Waals surface area (Å²) in [7, 11) is 1.64. The highest BCUT2D eigenvalue weighted by Gasteiger charge is 2.22. The third-order valence-electron chi connectivity index (χ3n) is 4.04. The smallest absolute Gasteiger partial charge is 0.256 e. The number of thiophene rings is 1. The van der Waals surface area contributed by atoms with Crippen molar-refractivity contribution < 1.29 is 9.53 Å². The lowest BCUT2D eigenvalue weighted by Crippen LogP contribution is -2.12. The van der Waals surface area contributed by atoms with Crippen molar-refractivity contribution in [1.29, 1.82) is 5.26 Å². The van der Waals surface area contributed by atoms with Gasteiger partial charge in [-0.15, -0.1) is 11.3 Å². The molecule has 1 heterocycles. The second-order valence-electron chi connectivity index (χ2n) is 5.61. The number of methoxy groups -OCH3 is 1. The van der Waals surface area contributed by atoms with Crippen molar-refractivity contribution >= 4 is 22.2 Å². The van der Waals surface area contributed by atoms with Crippen molar-refractivity contribution in [2.75, 3.05) is 12.4 Å². The highest BCUT2D eigenvalue weighted by molar-refractivity contribution is 7.16. The van der Waals surface area contributed by atoms with Crippen LogP contribution in [0.4, 0.5) is 5.00 Å². The Hall–Kier alpha value is -2.16. The summed E-state index contributed by atoms with van der Waals surface area (Å²) in [5.41, 5.74) is 3.39. The van der Waals surface area contributed by atoms with Gasteiger partial charge >= 0.3 is 0 Å². The standard InChI is InChI=1S/C18H18N2O2S/c1-22-11-12-6-8-13(9-7-12)17(21)20-18-15(10-19)14-4-2-3-5-16(14)23-18/h6-9H,2-5,11H2,1H3,(H,20,21). The highest BCUT2D eigenvalue weighted by Crippen LogP contribution is 2.37. The largest absolute Gasteiger partial charge is 0.380 e. The van der Waals surface area contributed by atoms with Crippen LogP contribution in [0.2, 0.25) is 0 Å². The number of benzene rings is 1. The van der Waals surface area contributed by atoms with Gasteiger partial charge in [0.2, 0.25) is 0 Å². The van der Waals surface area contributed by atoms with Crippen molar-refractivity contribution in [3.05, 3.63) is 51.4 Å². The summed E-state index contributed by atoms with van der Waals surface area (Å²) >= 11 is 1.55. The molecule has 0 unspecified atom stereocenters. The normalized spacial score (nSPS) is 13.2. The van der Waals surface area contributed by atoms with E-state index in [2.05, 4.69) is 11.4 Å². The van der Waals surface area contributed by atoms with Crippen LogP contribution in [-0.4, -0.2) is 13.0 Å². The van der Waals surface area contributed by atoms with E-state index < -0.39 is 0 Å². The molecule has 23 heavy (non-hydrogen) atoms. The maximum atomic E-state index is 12.4. The van der Waals surface area contributed by atoms with Crippen LogP contribution in [0.25, 0.3) is 0 Å². The topological polar surface area (TPSA) is 62.1 Å². The summed E-state index contributed by atoms with van der Waals surface area (Å²) in [6.45, 7) is 0.526.